The number of hydrogen-bond donors (Lipinski definition) is 1. The Kier molecular flexibility index (Phi) is 4.44. The van der Waals surface area contributed by atoms with Crippen molar-refractivity contribution < 1.29 is 5.11 Å². The number of piperidine rings is 1. The molecule has 1 atom stereocenters. The first kappa shape index (κ1) is 13.7. The summed E-state index contributed by atoms with van der Waals surface area (Å²) < 4.78 is 1.83. The van der Waals surface area contributed by atoms with Crippen molar-refractivity contribution >= 4 is 11.3 Å². The molecule has 2 aromatic heterocycles. The third-order valence-corrected chi connectivity index (χ3v) is 4.52. The average Bonchev–Trinajstić information content (AvgIpc) is 3.11. The maximum absolute atomic E-state index is 8.95. The van der Waals surface area contributed by atoms with E-state index in [1.165, 1.54) is 17.8 Å². The molecule has 20 heavy (non-hydrogen) atoms. The van der Waals surface area contributed by atoms with Gasteiger partial charge in [0.15, 0.2) is 0 Å². The van der Waals surface area contributed by atoms with Crippen molar-refractivity contribution in [2.45, 2.75) is 31.8 Å². The van der Waals surface area contributed by atoms with Crippen LogP contribution in [0, 0.1) is 0 Å². The molecule has 0 bridgehead atoms. The van der Waals surface area contributed by atoms with Crippen LogP contribution in [0.3, 0.4) is 0 Å². The van der Waals surface area contributed by atoms with Crippen LogP contribution in [0.2, 0.25) is 0 Å². The predicted molar refractivity (Wildman–Crippen MR) is 78.7 cm³/mol. The third kappa shape index (κ3) is 3.26. The molecule has 0 amide bonds. The van der Waals surface area contributed by atoms with Gasteiger partial charge in [0, 0.05) is 30.2 Å². The average molecular weight is 292 g/mol. The van der Waals surface area contributed by atoms with Crippen LogP contribution in [0.4, 0.5) is 0 Å². The molecule has 2 aromatic rings. The SMILES string of the molecule is OCCn1ccc([C@@H]2CCCN(Cc3nccs3)C2)n1. The highest BCUT2D eigenvalue weighted by Gasteiger charge is 2.23. The summed E-state index contributed by atoms with van der Waals surface area (Å²) in [5.74, 6) is 0.503. The molecule has 3 heterocycles. The first-order chi connectivity index (χ1) is 9.85. The Balaban J connectivity index is 1.62. The summed E-state index contributed by atoms with van der Waals surface area (Å²) in [7, 11) is 0. The summed E-state index contributed by atoms with van der Waals surface area (Å²) in [4.78, 5) is 6.84. The number of likely N-dealkylation sites (tertiary alicyclic amines) is 1. The Bertz CT molecular complexity index is 525. The molecule has 0 unspecified atom stereocenters. The van der Waals surface area contributed by atoms with E-state index in [2.05, 4.69) is 21.0 Å². The monoisotopic (exact) mass is 292 g/mol. The minimum absolute atomic E-state index is 0.141. The molecule has 1 fully saturated rings. The predicted octanol–water partition coefficient (Wildman–Crippen LogP) is 1.71. The fraction of sp³-hybridized carbons (Fsp3) is 0.571. The maximum atomic E-state index is 8.95. The summed E-state index contributed by atoms with van der Waals surface area (Å²) in [6, 6.07) is 2.09. The Labute approximate surface area is 122 Å². The summed E-state index contributed by atoms with van der Waals surface area (Å²) >= 11 is 1.72. The Hall–Kier alpha value is -1.24. The maximum Gasteiger partial charge on any atom is 0.107 e. The lowest BCUT2D eigenvalue weighted by atomic mass is 9.95. The largest absolute Gasteiger partial charge is 0.394 e. The zero-order valence-electron chi connectivity index (χ0n) is 11.5. The molecule has 0 saturated carbocycles. The molecule has 3 rings (SSSR count). The third-order valence-electron chi connectivity index (χ3n) is 3.76. The highest BCUT2D eigenvalue weighted by atomic mass is 32.1. The van der Waals surface area contributed by atoms with Gasteiger partial charge in [0.2, 0.25) is 0 Å². The van der Waals surface area contributed by atoms with E-state index >= 15 is 0 Å². The van der Waals surface area contributed by atoms with Crippen LogP contribution in [-0.4, -0.2) is 44.5 Å². The molecule has 1 N–H and O–H groups in total. The number of aromatic nitrogens is 3. The minimum Gasteiger partial charge on any atom is -0.394 e. The summed E-state index contributed by atoms with van der Waals surface area (Å²) in [5.41, 5.74) is 1.15. The van der Waals surface area contributed by atoms with E-state index < -0.39 is 0 Å². The van der Waals surface area contributed by atoms with E-state index in [1.807, 2.05) is 22.5 Å². The van der Waals surface area contributed by atoms with E-state index in [-0.39, 0.29) is 6.61 Å². The first-order valence-corrected chi connectivity index (χ1v) is 7.98. The van der Waals surface area contributed by atoms with E-state index in [0.29, 0.717) is 12.5 Å². The van der Waals surface area contributed by atoms with Crippen LogP contribution in [0.15, 0.2) is 23.8 Å². The number of thiazole rings is 1. The van der Waals surface area contributed by atoms with Gasteiger partial charge in [-0.25, -0.2) is 4.98 Å². The number of aliphatic hydroxyl groups excluding tert-OH is 1. The van der Waals surface area contributed by atoms with Gasteiger partial charge >= 0.3 is 0 Å². The molecular weight excluding hydrogens is 272 g/mol. The van der Waals surface area contributed by atoms with E-state index in [1.54, 1.807) is 11.3 Å². The van der Waals surface area contributed by atoms with Crippen molar-refractivity contribution in [1.29, 1.82) is 0 Å². The van der Waals surface area contributed by atoms with E-state index in [9.17, 15) is 0 Å². The Morgan fingerprint density at radius 1 is 1.45 bits per heavy atom. The van der Waals surface area contributed by atoms with Gasteiger partial charge in [-0.15, -0.1) is 11.3 Å². The molecular formula is C14H20N4OS. The van der Waals surface area contributed by atoms with Gasteiger partial charge in [-0.2, -0.15) is 5.10 Å². The fourth-order valence-corrected chi connectivity index (χ4v) is 3.44. The second kappa shape index (κ2) is 6.47. The van der Waals surface area contributed by atoms with Crippen LogP contribution in [-0.2, 0) is 13.1 Å². The number of rotatable bonds is 5. The molecule has 5 nitrogen and oxygen atoms in total. The van der Waals surface area contributed by atoms with Gasteiger partial charge in [0.05, 0.1) is 25.4 Å². The van der Waals surface area contributed by atoms with Crippen LogP contribution in [0.5, 0.6) is 0 Å². The molecule has 0 aliphatic carbocycles. The quantitative estimate of drug-likeness (QED) is 0.911. The van der Waals surface area contributed by atoms with E-state index in [0.717, 1.165) is 25.3 Å². The number of hydrogen-bond acceptors (Lipinski definition) is 5. The van der Waals surface area contributed by atoms with Crippen LogP contribution in [0.1, 0.15) is 29.5 Å². The lowest BCUT2D eigenvalue weighted by Crippen LogP contribution is -2.34. The zero-order valence-corrected chi connectivity index (χ0v) is 12.3. The van der Waals surface area contributed by atoms with Crippen LogP contribution < -0.4 is 0 Å². The number of aliphatic hydroxyl groups is 1. The molecule has 0 aromatic carbocycles. The van der Waals surface area contributed by atoms with Crippen molar-refractivity contribution in [3.63, 3.8) is 0 Å². The van der Waals surface area contributed by atoms with Gasteiger partial charge in [0.25, 0.3) is 0 Å². The van der Waals surface area contributed by atoms with Gasteiger partial charge in [-0.1, -0.05) is 0 Å². The van der Waals surface area contributed by atoms with Crippen molar-refractivity contribution in [2.75, 3.05) is 19.7 Å². The number of nitrogens with zero attached hydrogens (tertiary/aromatic N) is 4. The summed E-state index contributed by atoms with van der Waals surface area (Å²) in [6.07, 6.45) is 6.25. The lowest BCUT2D eigenvalue weighted by molar-refractivity contribution is 0.197. The lowest BCUT2D eigenvalue weighted by Gasteiger charge is -2.31. The normalized spacial score (nSPS) is 20.4. The smallest absolute Gasteiger partial charge is 0.107 e. The molecule has 0 spiro atoms. The molecule has 1 aliphatic heterocycles. The minimum atomic E-state index is 0.141. The molecule has 1 saturated heterocycles. The summed E-state index contributed by atoms with van der Waals surface area (Å²) in [5, 5.41) is 16.7. The fourth-order valence-electron chi connectivity index (χ4n) is 2.79. The van der Waals surface area contributed by atoms with Crippen molar-refractivity contribution in [3.8, 4) is 0 Å². The Morgan fingerprint density at radius 2 is 2.40 bits per heavy atom. The first-order valence-electron chi connectivity index (χ1n) is 7.10. The topological polar surface area (TPSA) is 54.2 Å². The van der Waals surface area contributed by atoms with E-state index in [4.69, 9.17) is 5.11 Å². The molecule has 1 aliphatic rings. The standard InChI is InChI=1S/C14H20N4OS/c19-8-7-18-6-3-13(16-18)12-2-1-5-17(10-12)11-14-15-4-9-20-14/h3-4,6,9,12,19H,1-2,5,7-8,10-11H2/t12-/m1/s1. The second-order valence-electron chi connectivity index (χ2n) is 5.23. The Morgan fingerprint density at radius 3 is 3.20 bits per heavy atom. The highest BCUT2D eigenvalue weighted by molar-refractivity contribution is 7.09. The van der Waals surface area contributed by atoms with Crippen molar-refractivity contribution in [1.82, 2.24) is 19.7 Å². The van der Waals surface area contributed by atoms with Gasteiger partial charge < -0.3 is 5.11 Å². The molecule has 6 heteroatoms. The van der Waals surface area contributed by atoms with Crippen LogP contribution >= 0.6 is 11.3 Å². The molecule has 0 radical (unpaired) electrons. The highest BCUT2D eigenvalue weighted by Crippen LogP contribution is 2.26. The summed E-state index contributed by atoms with van der Waals surface area (Å²) in [6.45, 7) is 3.87. The van der Waals surface area contributed by atoms with Crippen molar-refractivity contribution in [3.05, 3.63) is 34.5 Å². The van der Waals surface area contributed by atoms with Crippen LogP contribution in [0.25, 0.3) is 0 Å². The van der Waals surface area contributed by atoms with Crippen molar-refractivity contribution in [2.24, 2.45) is 0 Å². The zero-order chi connectivity index (χ0) is 13.8. The van der Waals surface area contributed by atoms with Gasteiger partial charge in [-0.05, 0) is 25.5 Å². The second-order valence-corrected chi connectivity index (χ2v) is 6.21. The molecule has 108 valence electrons. The van der Waals surface area contributed by atoms with Gasteiger partial charge in [0.1, 0.15) is 5.01 Å². The van der Waals surface area contributed by atoms with Gasteiger partial charge in [-0.3, -0.25) is 9.58 Å².